The lowest BCUT2D eigenvalue weighted by molar-refractivity contribution is 1.33. The Balaban J connectivity index is 1.77. The number of nitrogens with zero attached hydrogens (tertiary/aromatic N) is 2. The minimum atomic E-state index is 0.678. The molecule has 1 heterocycles. The molecule has 0 saturated heterocycles. The summed E-state index contributed by atoms with van der Waals surface area (Å²) in [5.74, 6) is 0. The molecule has 4 aromatic rings. The molecule has 0 N–H and O–H groups in total. The smallest absolute Gasteiger partial charge is 0.0998 e. The van der Waals surface area contributed by atoms with Crippen LogP contribution in [0.25, 0.3) is 33.5 Å². The Kier molecular flexibility index (Phi) is 4.28. The predicted octanol–water partition coefficient (Wildman–Crippen LogP) is 5.95. The number of hydrogen-bond acceptors (Lipinski definition) is 2. The fraction of sp³-hybridized carbons (Fsp3) is 0. The van der Waals surface area contributed by atoms with Gasteiger partial charge in [0.1, 0.15) is 0 Å². The second kappa shape index (κ2) is 7.04. The van der Waals surface area contributed by atoms with Crippen molar-refractivity contribution in [2.45, 2.75) is 0 Å². The lowest BCUT2D eigenvalue weighted by Gasteiger charge is -2.09. The second-order valence-electron chi connectivity index (χ2n) is 6.03. The van der Waals surface area contributed by atoms with Crippen LogP contribution >= 0.6 is 0 Å². The molecule has 0 unspecified atom stereocenters. The van der Waals surface area contributed by atoms with Gasteiger partial charge in [-0.15, -0.1) is 0 Å². The molecule has 0 aliphatic heterocycles. The largest absolute Gasteiger partial charge is 0.256 e. The van der Waals surface area contributed by atoms with Gasteiger partial charge in [0.2, 0.25) is 0 Å². The van der Waals surface area contributed by atoms with Crippen molar-refractivity contribution >= 4 is 0 Å². The fourth-order valence-corrected chi connectivity index (χ4v) is 3.08. The van der Waals surface area contributed by atoms with E-state index in [1.807, 2.05) is 66.7 Å². The van der Waals surface area contributed by atoms with Crippen molar-refractivity contribution < 1.29 is 0 Å². The van der Waals surface area contributed by atoms with Crippen LogP contribution < -0.4 is 0 Å². The molecule has 0 saturated carbocycles. The number of rotatable bonds is 3. The van der Waals surface area contributed by atoms with Crippen LogP contribution in [0.4, 0.5) is 0 Å². The van der Waals surface area contributed by atoms with Gasteiger partial charge in [0.05, 0.1) is 17.3 Å². The number of benzene rings is 3. The standard InChI is InChI=1S/C24H16N2/c25-17-22-16-20(12-13-23(22)18-7-2-1-3-8-18)19-9-6-10-21(15-19)24-11-4-5-14-26-24/h1-16H. The first-order valence-corrected chi connectivity index (χ1v) is 8.46. The lowest BCUT2D eigenvalue weighted by atomic mass is 9.94. The summed E-state index contributed by atoms with van der Waals surface area (Å²) in [5.41, 5.74) is 6.79. The monoisotopic (exact) mass is 332 g/mol. The first-order valence-electron chi connectivity index (χ1n) is 8.46. The third-order valence-corrected chi connectivity index (χ3v) is 4.38. The number of nitriles is 1. The van der Waals surface area contributed by atoms with Gasteiger partial charge in [0, 0.05) is 11.8 Å². The zero-order valence-electron chi connectivity index (χ0n) is 14.1. The summed E-state index contributed by atoms with van der Waals surface area (Å²) >= 11 is 0. The molecule has 122 valence electrons. The first-order chi connectivity index (χ1) is 12.8. The molecule has 0 aliphatic carbocycles. The zero-order valence-corrected chi connectivity index (χ0v) is 14.1. The molecule has 2 nitrogen and oxygen atoms in total. The molecule has 2 heteroatoms. The lowest BCUT2D eigenvalue weighted by Crippen LogP contribution is -1.88. The highest BCUT2D eigenvalue weighted by molar-refractivity contribution is 5.78. The molecular formula is C24H16N2. The maximum Gasteiger partial charge on any atom is 0.0998 e. The van der Waals surface area contributed by atoms with Gasteiger partial charge in [-0.2, -0.15) is 5.26 Å². The van der Waals surface area contributed by atoms with E-state index in [9.17, 15) is 5.26 Å². The average Bonchev–Trinajstić information content (AvgIpc) is 2.74. The maximum atomic E-state index is 9.62. The second-order valence-corrected chi connectivity index (χ2v) is 6.03. The third-order valence-electron chi connectivity index (χ3n) is 4.38. The molecule has 0 bridgehead atoms. The molecule has 4 rings (SSSR count). The summed E-state index contributed by atoms with van der Waals surface area (Å²) in [6, 6.07) is 32.5. The van der Waals surface area contributed by atoms with Gasteiger partial charge in [0.15, 0.2) is 0 Å². The van der Waals surface area contributed by atoms with Crippen LogP contribution in [0.5, 0.6) is 0 Å². The van der Waals surface area contributed by atoms with Crippen LogP contribution in [-0.2, 0) is 0 Å². The van der Waals surface area contributed by atoms with Crippen LogP contribution in [0.2, 0.25) is 0 Å². The van der Waals surface area contributed by atoms with Gasteiger partial charge in [-0.1, -0.05) is 66.7 Å². The Morgan fingerprint density at radius 2 is 1.35 bits per heavy atom. The normalized spacial score (nSPS) is 10.3. The molecule has 1 aromatic heterocycles. The highest BCUT2D eigenvalue weighted by Gasteiger charge is 2.08. The van der Waals surface area contributed by atoms with Gasteiger partial charge in [-0.25, -0.2) is 0 Å². The minimum Gasteiger partial charge on any atom is -0.256 e. The van der Waals surface area contributed by atoms with E-state index >= 15 is 0 Å². The highest BCUT2D eigenvalue weighted by atomic mass is 14.7. The molecule has 0 amide bonds. The van der Waals surface area contributed by atoms with Gasteiger partial charge in [0.25, 0.3) is 0 Å². The van der Waals surface area contributed by atoms with Crippen LogP contribution in [0.3, 0.4) is 0 Å². The topological polar surface area (TPSA) is 36.7 Å². The molecule has 3 aromatic carbocycles. The predicted molar refractivity (Wildman–Crippen MR) is 105 cm³/mol. The summed E-state index contributed by atoms with van der Waals surface area (Å²) in [5, 5.41) is 9.62. The van der Waals surface area contributed by atoms with Crippen LogP contribution in [-0.4, -0.2) is 4.98 Å². The first kappa shape index (κ1) is 15.8. The summed E-state index contributed by atoms with van der Waals surface area (Å²) in [4.78, 5) is 4.42. The van der Waals surface area contributed by atoms with Crippen LogP contribution in [0.1, 0.15) is 5.56 Å². The molecule has 0 aliphatic rings. The van der Waals surface area contributed by atoms with Crippen LogP contribution in [0, 0.1) is 11.3 Å². The fourth-order valence-electron chi connectivity index (χ4n) is 3.08. The van der Waals surface area contributed by atoms with E-state index in [0.29, 0.717) is 5.56 Å². The Bertz CT molecular complexity index is 1080. The minimum absolute atomic E-state index is 0.678. The van der Waals surface area contributed by atoms with E-state index < -0.39 is 0 Å². The Morgan fingerprint density at radius 1 is 0.615 bits per heavy atom. The van der Waals surface area contributed by atoms with Gasteiger partial charge < -0.3 is 0 Å². The SMILES string of the molecule is N#Cc1cc(-c2cccc(-c3ccccn3)c2)ccc1-c1ccccc1. The van der Waals surface area contributed by atoms with E-state index in [2.05, 4.69) is 35.3 Å². The van der Waals surface area contributed by atoms with Crippen molar-refractivity contribution in [1.29, 1.82) is 5.26 Å². The Labute approximate surface area is 153 Å². The Hall–Kier alpha value is -3.70. The summed E-state index contributed by atoms with van der Waals surface area (Å²) in [7, 11) is 0. The summed E-state index contributed by atoms with van der Waals surface area (Å²) in [6.45, 7) is 0. The van der Waals surface area contributed by atoms with Gasteiger partial charge >= 0.3 is 0 Å². The van der Waals surface area contributed by atoms with E-state index in [1.165, 1.54) is 0 Å². The Morgan fingerprint density at radius 3 is 2.12 bits per heavy atom. The average molecular weight is 332 g/mol. The van der Waals surface area contributed by atoms with E-state index in [-0.39, 0.29) is 0 Å². The van der Waals surface area contributed by atoms with Crippen molar-refractivity contribution in [3.63, 3.8) is 0 Å². The summed E-state index contributed by atoms with van der Waals surface area (Å²) < 4.78 is 0. The van der Waals surface area contributed by atoms with Gasteiger partial charge in [-0.05, 0) is 46.5 Å². The highest BCUT2D eigenvalue weighted by Crippen LogP contribution is 2.30. The number of hydrogen-bond donors (Lipinski definition) is 0. The van der Waals surface area contributed by atoms with Crippen molar-refractivity contribution in [1.82, 2.24) is 4.98 Å². The summed E-state index contributed by atoms with van der Waals surface area (Å²) in [6.07, 6.45) is 1.80. The molecule has 0 atom stereocenters. The molecule has 0 radical (unpaired) electrons. The van der Waals surface area contributed by atoms with Crippen LogP contribution in [0.15, 0.2) is 97.2 Å². The molecule has 26 heavy (non-hydrogen) atoms. The molecule has 0 spiro atoms. The van der Waals surface area contributed by atoms with Gasteiger partial charge in [-0.3, -0.25) is 4.98 Å². The number of aromatic nitrogens is 1. The van der Waals surface area contributed by atoms with Crippen molar-refractivity contribution in [2.75, 3.05) is 0 Å². The maximum absolute atomic E-state index is 9.62. The zero-order chi connectivity index (χ0) is 17.8. The number of pyridine rings is 1. The van der Waals surface area contributed by atoms with Crippen molar-refractivity contribution in [3.05, 3.63) is 103 Å². The van der Waals surface area contributed by atoms with E-state index in [1.54, 1.807) is 6.20 Å². The van der Waals surface area contributed by atoms with Crippen molar-refractivity contribution in [3.8, 4) is 39.6 Å². The third kappa shape index (κ3) is 3.11. The van der Waals surface area contributed by atoms with E-state index in [4.69, 9.17) is 0 Å². The molecular weight excluding hydrogens is 316 g/mol. The van der Waals surface area contributed by atoms with Crippen molar-refractivity contribution in [2.24, 2.45) is 0 Å². The van der Waals surface area contributed by atoms with E-state index in [0.717, 1.165) is 33.5 Å². The quantitative estimate of drug-likeness (QED) is 0.464. The molecule has 0 fully saturated rings.